The van der Waals surface area contributed by atoms with E-state index in [9.17, 15) is 14.7 Å². The van der Waals surface area contributed by atoms with Crippen LogP contribution < -0.4 is 64.2 Å². The van der Waals surface area contributed by atoms with Gasteiger partial charge in [0.05, 0.1) is 0 Å². The molecule has 6 heteroatoms. The van der Waals surface area contributed by atoms with Crippen molar-refractivity contribution in [2.45, 2.75) is 12.8 Å². The van der Waals surface area contributed by atoms with Crippen LogP contribution >= 0.6 is 0 Å². The van der Waals surface area contributed by atoms with Crippen LogP contribution in [0.2, 0.25) is 0 Å². The molecule has 0 fully saturated rings. The predicted molar refractivity (Wildman–Crippen MR) is 23.6 cm³/mol. The minimum Gasteiger partial charge on any atom is -0.668 e. The molecule has 0 saturated carbocycles. The summed E-state index contributed by atoms with van der Waals surface area (Å²) in [6.07, 6.45) is -0.593. The molecule has 0 rings (SSSR count). The third-order valence-electron chi connectivity index (χ3n) is 0.556. The van der Waals surface area contributed by atoms with Gasteiger partial charge in [-0.3, -0.25) is 0 Å². The minimum absolute atomic E-state index is 0. The molecule has 1 N–H and O–H groups in total. The summed E-state index contributed by atoms with van der Waals surface area (Å²) >= 11 is 0. The first-order valence-corrected chi connectivity index (χ1v) is 2.07. The Morgan fingerprint density at radius 2 is 1.60 bits per heavy atom. The number of hydrogen-bond acceptors (Lipinski definition) is 3. The quantitative estimate of drug-likeness (QED) is 0.386. The van der Waals surface area contributed by atoms with Gasteiger partial charge < -0.3 is 20.4 Å². The van der Waals surface area contributed by atoms with Crippen LogP contribution in [0.4, 0.5) is 0 Å². The van der Waals surface area contributed by atoms with Gasteiger partial charge in [0.1, 0.15) is 0 Å². The number of carboxylic acid groups (broad SMARTS) is 1. The monoisotopic (exact) mass is 161 g/mol. The van der Waals surface area contributed by atoms with E-state index in [4.69, 9.17) is 5.73 Å². The van der Waals surface area contributed by atoms with Crippen molar-refractivity contribution >= 4 is 11.9 Å². The Balaban J connectivity index is -0.000000245. The maximum atomic E-state index is 9.72. The van der Waals surface area contributed by atoms with E-state index in [1.807, 2.05) is 0 Å². The summed E-state index contributed by atoms with van der Waals surface area (Å²) in [7, 11) is 0. The third-order valence-corrected chi connectivity index (χ3v) is 0.556. The van der Waals surface area contributed by atoms with E-state index in [0.717, 1.165) is 0 Å². The van der Waals surface area contributed by atoms with Crippen molar-refractivity contribution in [1.82, 2.24) is 0 Å². The van der Waals surface area contributed by atoms with E-state index >= 15 is 0 Å². The topological polar surface area (TPSA) is 81.0 Å². The summed E-state index contributed by atoms with van der Waals surface area (Å²) in [4.78, 5) is 19.3. The zero-order chi connectivity index (χ0) is 6.57. The summed E-state index contributed by atoms with van der Waals surface area (Å²) < 4.78 is 0. The van der Waals surface area contributed by atoms with Gasteiger partial charge in [-0.1, -0.05) is 0 Å². The normalized spacial score (nSPS) is 6.80. The number of carbonyl (C=O) groups is 2. The molecular weight excluding hydrogens is 156 g/mol. The SMILES string of the molecule is [NH-]C(=O)CCC(=O)[O-].[Na+].[Na+]. The zero-order valence-electron chi connectivity index (χ0n) is 6.14. The van der Waals surface area contributed by atoms with Crippen LogP contribution in [-0.2, 0) is 9.59 Å². The fraction of sp³-hybridized carbons (Fsp3) is 0.500. The average Bonchev–Trinajstić information content (AvgIpc) is 1.61. The van der Waals surface area contributed by atoms with Crippen molar-refractivity contribution < 1.29 is 73.8 Å². The maximum absolute atomic E-state index is 9.72. The molecule has 0 aromatic carbocycles. The van der Waals surface area contributed by atoms with E-state index in [2.05, 4.69) is 0 Å². The van der Waals surface area contributed by atoms with Gasteiger partial charge in [-0.25, -0.2) is 0 Å². The standard InChI is InChI=1S/C4H7NO3.2Na/c5-3(6)1-2-4(7)8;;/h1-2H2,(H3,5,6,7,8);;/q;2*+1/p-2. The van der Waals surface area contributed by atoms with Crippen LogP contribution in [0.3, 0.4) is 0 Å². The van der Waals surface area contributed by atoms with Gasteiger partial charge in [-0.05, 0) is 12.8 Å². The van der Waals surface area contributed by atoms with Gasteiger partial charge in [0, 0.05) is 11.9 Å². The number of carboxylic acids is 1. The molecule has 0 spiro atoms. The summed E-state index contributed by atoms with van der Waals surface area (Å²) in [5.41, 5.74) is 6.24. The molecule has 0 aromatic rings. The molecule has 4 nitrogen and oxygen atoms in total. The van der Waals surface area contributed by atoms with Gasteiger partial charge in [-0.2, -0.15) is 0 Å². The van der Waals surface area contributed by atoms with Crippen molar-refractivity contribution in [2.24, 2.45) is 0 Å². The first kappa shape index (κ1) is 17.1. The smallest absolute Gasteiger partial charge is 0.668 e. The molecule has 0 aliphatic heterocycles. The number of amides is 1. The van der Waals surface area contributed by atoms with Gasteiger partial charge in [0.2, 0.25) is 0 Å². The van der Waals surface area contributed by atoms with Crippen molar-refractivity contribution in [3.8, 4) is 0 Å². The Hall–Kier alpha value is 0.940. The van der Waals surface area contributed by atoms with E-state index in [-0.39, 0.29) is 72.0 Å². The molecule has 0 aliphatic rings. The average molecular weight is 161 g/mol. The Morgan fingerprint density at radius 3 is 1.70 bits per heavy atom. The first-order valence-electron chi connectivity index (χ1n) is 2.07. The maximum Gasteiger partial charge on any atom is 1.00 e. The molecule has 0 aliphatic carbocycles. The summed E-state index contributed by atoms with van der Waals surface area (Å²) in [6, 6.07) is 0. The van der Waals surface area contributed by atoms with E-state index in [0.29, 0.717) is 0 Å². The number of aliphatic carboxylic acids is 1. The summed E-state index contributed by atoms with van der Waals surface area (Å²) in [5, 5.41) is 9.56. The van der Waals surface area contributed by atoms with Gasteiger partial charge in [-0.15, -0.1) is 0 Å². The van der Waals surface area contributed by atoms with E-state index in [1.165, 1.54) is 0 Å². The van der Waals surface area contributed by atoms with E-state index < -0.39 is 11.9 Å². The fourth-order valence-corrected chi connectivity index (χ4v) is 0.216. The molecule has 0 aromatic heterocycles. The van der Waals surface area contributed by atoms with Crippen molar-refractivity contribution in [3.63, 3.8) is 0 Å². The van der Waals surface area contributed by atoms with Gasteiger partial charge in [0.25, 0.3) is 0 Å². The second-order valence-corrected chi connectivity index (χ2v) is 1.30. The number of nitrogens with one attached hydrogen (secondary N) is 1. The molecule has 0 saturated heterocycles. The van der Waals surface area contributed by atoms with Crippen LogP contribution in [0.25, 0.3) is 5.73 Å². The molecular formula is C4H5NNa2O3. The molecule has 0 heterocycles. The zero-order valence-corrected chi connectivity index (χ0v) is 10.1. The first-order chi connectivity index (χ1) is 3.63. The van der Waals surface area contributed by atoms with Crippen molar-refractivity contribution in [1.29, 1.82) is 0 Å². The van der Waals surface area contributed by atoms with Gasteiger partial charge >= 0.3 is 59.1 Å². The largest absolute Gasteiger partial charge is 1.00 e. The fourth-order valence-electron chi connectivity index (χ4n) is 0.216. The summed E-state index contributed by atoms with van der Waals surface area (Å²) in [5.74, 6) is -2.15. The molecule has 0 bridgehead atoms. The molecule has 1 amide bonds. The number of carbonyl (C=O) groups excluding carboxylic acids is 2. The second-order valence-electron chi connectivity index (χ2n) is 1.30. The molecule has 0 radical (unpaired) electrons. The molecule has 10 heavy (non-hydrogen) atoms. The molecule has 0 unspecified atom stereocenters. The Kier molecular flexibility index (Phi) is 17.0. The van der Waals surface area contributed by atoms with Crippen LogP contribution in [0.1, 0.15) is 12.8 Å². The van der Waals surface area contributed by atoms with Crippen molar-refractivity contribution in [2.75, 3.05) is 0 Å². The Bertz CT molecular complexity index is 103. The Morgan fingerprint density at radius 1 is 1.20 bits per heavy atom. The number of rotatable bonds is 3. The second kappa shape index (κ2) is 9.94. The van der Waals surface area contributed by atoms with Crippen LogP contribution in [0, 0.1) is 0 Å². The Labute approximate surface area is 103 Å². The molecule has 46 valence electrons. The summed E-state index contributed by atoms with van der Waals surface area (Å²) in [6.45, 7) is 0. The van der Waals surface area contributed by atoms with Gasteiger partial charge in [0.15, 0.2) is 0 Å². The molecule has 0 atom stereocenters. The predicted octanol–water partition coefficient (Wildman–Crippen LogP) is -6.90. The van der Waals surface area contributed by atoms with Crippen LogP contribution in [0.15, 0.2) is 0 Å². The minimum atomic E-state index is -1.29. The number of hydrogen-bond donors (Lipinski definition) is 0. The third kappa shape index (κ3) is 16.0. The van der Waals surface area contributed by atoms with E-state index in [1.54, 1.807) is 0 Å². The van der Waals surface area contributed by atoms with Crippen molar-refractivity contribution in [3.05, 3.63) is 5.73 Å². The van der Waals surface area contributed by atoms with Crippen LogP contribution in [0.5, 0.6) is 0 Å². The van der Waals surface area contributed by atoms with Crippen LogP contribution in [-0.4, -0.2) is 11.9 Å².